The summed E-state index contributed by atoms with van der Waals surface area (Å²) in [6, 6.07) is 63.6. The Labute approximate surface area is 282 Å². The highest BCUT2D eigenvalue weighted by molar-refractivity contribution is 5.81. The minimum Gasteiger partial charge on any atom is -0.872 e. The van der Waals surface area contributed by atoms with Crippen LogP contribution < -0.4 is 9.59 Å². The number of hydrogen-bond acceptors (Lipinski definition) is 3. The first kappa shape index (κ1) is 31.9. The average Bonchev–Trinajstić information content (AvgIpc) is 3.15. The normalized spacial score (nSPS) is 11.3. The lowest BCUT2D eigenvalue weighted by Crippen LogP contribution is -2.33. The number of nitrogens with zero attached hydrogens (tertiary/aromatic N) is 1. The molecule has 0 saturated heterocycles. The van der Waals surface area contributed by atoms with E-state index in [0.717, 1.165) is 16.7 Å². The summed E-state index contributed by atoms with van der Waals surface area (Å²) < 4.78 is 0.559. The molecule has 236 valence electrons. The van der Waals surface area contributed by atoms with Crippen LogP contribution in [0.25, 0.3) is 0 Å². The molecule has 0 bridgehead atoms. The van der Waals surface area contributed by atoms with Gasteiger partial charge in [-0.3, -0.25) is 0 Å². The van der Waals surface area contributed by atoms with Gasteiger partial charge < -0.3 is 15.3 Å². The summed E-state index contributed by atoms with van der Waals surface area (Å²) in [4.78, 5) is 0. The van der Waals surface area contributed by atoms with E-state index in [2.05, 4.69) is 128 Å². The molecule has 0 aromatic heterocycles. The van der Waals surface area contributed by atoms with Gasteiger partial charge in [0, 0.05) is 53.9 Å². The van der Waals surface area contributed by atoms with Gasteiger partial charge in [0.05, 0.1) is 0 Å². The van der Waals surface area contributed by atoms with E-state index < -0.39 is 5.41 Å². The van der Waals surface area contributed by atoms with Crippen LogP contribution in [0.5, 0.6) is 17.2 Å². The minimum atomic E-state index is -0.505. The lowest BCUT2D eigenvalue weighted by molar-refractivity contribution is -0.268. The largest absolute Gasteiger partial charge is 0.872 e. The molecule has 0 fully saturated rings. The predicted molar refractivity (Wildman–Crippen MR) is 194 cm³/mol. The number of hydrogen-bond donors (Lipinski definition) is 2. The fourth-order valence-electron chi connectivity index (χ4n) is 6.38. The van der Waals surface area contributed by atoms with Crippen molar-refractivity contribution >= 4 is 22.7 Å². The van der Waals surface area contributed by atoms with Crippen LogP contribution in [-0.2, 0) is 5.41 Å². The minimum absolute atomic E-state index is 0.0347. The number of phenolic OH excluding ortho intramolecular Hbond substituents is 2. The SMILES string of the molecule is CC(c1ccc([O-])cc1)(c1ccc(O)cc1)c1ccc(O)cc1.c1ccc([N+](c2ccccc2)(c2ccccc2)c2ccccc2)cc1. The molecule has 0 aliphatic rings. The number of rotatable bonds is 7. The van der Waals surface area contributed by atoms with Crippen molar-refractivity contribution in [3.8, 4) is 17.2 Å². The van der Waals surface area contributed by atoms with Gasteiger partial charge in [-0.1, -0.05) is 121 Å². The summed E-state index contributed by atoms with van der Waals surface area (Å²) in [5.41, 5.74) is 7.29. The summed E-state index contributed by atoms with van der Waals surface area (Å²) in [7, 11) is 0. The first-order valence-electron chi connectivity index (χ1n) is 15.9. The van der Waals surface area contributed by atoms with Gasteiger partial charge in [-0.05, 0) is 47.9 Å². The van der Waals surface area contributed by atoms with E-state index in [0.29, 0.717) is 4.48 Å². The Hall–Kier alpha value is -6.10. The molecule has 48 heavy (non-hydrogen) atoms. The second kappa shape index (κ2) is 14.1. The number of phenols is 2. The molecule has 4 nitrogen and oxygen atoms in total. The van der Waals surface area contributed by atoms with E-state index in [1.165, 1.54) is 22.7 Å². The van der Waals surface area contributed by atoms with E-state index in [4.69, 9.17) is 0 Å². The summed E-state index contributed by atoms with van der Waals surface area (Å²) in [6.07, 6.45) is 0. The molecule has 0 heterocycles. The molecule has 0 unspecified atom stereocenters. The van der Waals surface area contributed by atoms with Crippen molar-refractivity contribution in [3.63, 3.8) is 0 Å². The molecule has 7 rings (SSSR count). The van der Waals surface area contributed by atoms with Crippen LogP contribution in [0, 0.1) is 0 Å². The second-order valence-electron chi connectivity index (χ2n) is 11.8. The molecule has 0 saturated carbocycles. The molecule has 0 amide bonds. The van der Waals surface area contributed by atoms with Crippen molar-refractivity contribution in [1.82, 2.24) is 4.48 Å². The lowest BCUT2D eigenvalue weighted by atomic mass is 9.71. The van der Waals surface area contributed by atoms with Gasteiger partial charge in [0.2, 0.25) is 0 Å². The van der Waals surface area contributed by atoms with Crippen molar-refractivity contribution < 1.29 is 15.3 Å². The van der Waals surface area contributed by atoms with Crippen molar-refractivity contribution in [1.29, 1.82) is 0 Å². The zero-order chi connectivity index (χ0) is 33.4. The van der Waals surface area contributed by atoms with E-state index in [1.807, 2.05) is 36.4 Å². The predicted octanol–water partition coefficient (Wildman–Crippen LogP) is 10.5. The first-order valence-corrected chi connectivity index (χ1v) is 15.9. The fraction of sp³-hybridized carbons (Fsp3) is 0.0455. The second-order valence-corrected chi connectivity index (χ2v) is 11.8. The van der Waals surface area contributed by atoms with Gasteiger partial charge in [-0.15, -0.1) is 5.75 Å². The third-order valence-electron chi connectivity index (χ3n) is 8.89. The highest BCUT2D eigenvalue weighted by atomic mass is 16.3. The van der Waals surface area contributed by atoms with E-state index >= 15 is 0 Å². The third kappa shape index (κ3) is 6.30. The molecule has 7 aromatic carbocycles. The smallest absolute Gasteiger partial charge is 0.148 e. The lowest BCUT2D eigenvalue weighted by Gasteiger charge is -2.37. The quantitative estimate of drug-likeness (QED) is 0.137. The Morgan fingerprint density at radius 2 is 0.625 bits per heavy atom. The number of quaternary nitrogens is 1. The molecule has 7 aromatic rings. The summed E-state index contributed by atoms with van der Waals surface area (Å²) >= 11 is 0. The highest BCUT2D eigenvalue weighted by Gasteiger charge is 2.38. The molecule has 0 aliphatic heterocycles. The summed E-state index contributed by atoms with van der Waals surface area (Å²) in [5.74, 6) is 0.376. The van der Waals surface area contributed by atoms with Crippen LogP contribution >= 0.6 is 0 Å². The van der Waals surface area contributed by atoms with Gasteiger partial charge in [0.1, 0.15) is 34.2 Å². The van der Waals surface area contributed by atoms with Crippen molar-refractivity contribution in [2.45, 2.75) is 12.3 Å². The van der Waals surface area contributed by atoms with Crippen molar-refractivity contribution in [2.75, 3.05) is 0 Å². The average molecular weight is 628 g/mol. The van der Waals surface area contributed by atoms with Gasteiger partial charge in [-0.25, -0.2) is 0 Å². The zero-order valence-electron chi connectivity index (χ0n) is 26.7. The fourth-order valence-corrected chi connectivity index (χ4v) is 6.38. The molecule has 4 heteroatoms. The molecule has 2 N–H and O–H groups in total. The summed E-state index contributed by atoms with van der Waals surface area (Å²) in [6.45, 7) is 2.06. The Morgan fingerprint density at radius 1 is 0.375 bits per heavy atom. The van der Waals surface area contributed by atoms with Gasteiger partial charge >= 0.3 is 0 Å². The maximum Gasteiger partial charge on any atom is 0.148 e. The van der Waals surface area contributed by atoms with Crippen LogP contribution in [0.1, 0.15) is 23.6 Å². The molecular weight excluding hydrogens is 590 g/mol. The van der Waals surface area contributed by atoms with Crippen LogP contribution in [0.15, 0.2) is 194 Å². The van der Waals surface area contributed by atoms with E-state index in [-0.39, 0.29) is 17.2 Å². The standard InChI is InChI=1S/C24H20N.C20H18O3/c1-5-13-21(14-6-1)25(22-15-7-2-8-16-22,23-17-9-3-10-18-23)24-19-11-4-12-20-24;1-20(14-2-8-17(21)9-3-14,15-4-10-18(22)11-5-15)16-6-12-19(23)13-7-16/h1-20H;2-13,21-23H,1H3/q+1;/p-1. The number of para-hydroxylation sites is 4. The van der Waals surface area contributed by atoms with Gasteiger partial charge in [-0.2, -0.15) is 4.48 Å². The van der Waals surface area contributed by atoms with Crippen LogP contribution in [0.4, 0.5) is 22.7 Å². The van der Waals surface area contributed by atoms with Crippen LogP contribution in [0.3, 0.4) is 0 Å². The van der Waals surface area contributed by atoms with Crippen molar-refractivity contribution in [3.05, 3.63) is 211 Å². The highest BCUT2D eigenvalue weighted by Crippen LogP contribution is 2.50. The maximum absolute atomic E-state index is 11.4. The number of benzene rings is 7. The zero-order valence-corrected chi connectivity index (χ0v) is 26.7. The first-order chi connectivity index (χ1) is 23.4. The Morgan fingerprint density at radius 3 is 0.896 bits per heavy atom. The Bertz CT molecular complexity index is 1740. The third-order valence-corrected chi connectivity index (χ3v) is 8.89. The van der Waals surface area contributed by atoms with Crippen molar-refractivity contribution in [2.24, 2.45) is 0 Å². The monoisotopic (exact) mass is 627 g/mol. The van der Waals surface area contributed by atoms with Crippen LogP contribution in [-0.4, -0.2) is 10.2 Å². The maximum atomic E-state index is 11.4. The molecule has 0 aliphatic carbocycles. The Kier molecular flexibility index (Phi) is 9.38. The summed E-state index contributed by atoms with van der Waals surface area (Å²) in [5, 5.41) is 30.6. The van der Waals surface area contributed by atoms with Crippen LogP contribution in [0.2, 0.25) is 0 Å². The molecule has 0 spiro atoms. The van der Waals surface area contributed by atoms with Gasteiger partial charge in [0.25, 0.3) is 0 Å². The molecular formula is C44H37NO3. The molecule has 0 atom stereocenters. The van der Waals surface area contributed by atoms with Gasteiger partial charge in [0.15, 0.2) is 0 Å². The number of aromatic hydroxyl groups is 2. The Balaban J connectivity index is 0.000000168. The van der Waals surface area contributed by atoms with E-state index in [9.17, 15) is 15.3 Å². The van der Waals surface area contributed by atoms with E-state index in [1.54, 1.807) is 36.4 Å². The molecule has 0 radical (unpaired) electrons. The topological polar surface area (TPSA) is 63.5 Å².